The van der Waals surface area contributed by atoms with Gasteiger partial charge in [-0.3, -0.25) is 0 Å². The monoisotopic (exact) mass is 250 g/mol. The zero-order valence-electron chi connectivity index (χ0n) is 11.2. The van der Waals surface area contributed by atoms with Crippen molar-refractivity contribution in [3.8, 4) is 0 Å². The summed E-state index contributed by atoms with van der Waals surface area (Å²) < 4.78 is 10.9. The maximum absolute atomic E-state index is 10.3. The van der Waals surface area contributed by atoms with Crippen molar-refractivity contribution >= 4 is 0 Å². The normalized spacial score (nSPS) is 21.8. The smallest absolute Gasteiger partial charge is 0.111 e. The molecule has 1 saturated heterocycles. The van der Waals surface area contributed by atoms with Crippen molar-refractivity contribution in [2.24, 2.45) is 0 Å². The highest BCUT2D eigenvalue weighted by Crippen LogP contribution is 2.24. The molecular weight excluding hydrogens is 228 g/mol. The zero-order chi connectivity index (χ0) is 13.0. The van der Waals surface area contributed by atoms with Gasteiger partial charge in [0.2, 0.25) is 0 Å². The molecule has 0 aromatic heterocycles. The van der Waals surface area contributed by atoms with Crippen LogP contribution in [0.2, 0.25) is 0 Å². The average Bonchev–Trinajstić information content (AvgIpc) is 2.46. The Kier molecular flexibility index (Phi) is 4.75. The van der Waals surface area contributed by atoms with E-state index in [1.807, 2.05) is 6.07 Å². The lowest BCUT2D eigenvalue weighted by molar-refractivity contribution is -0.133. The molecule has 0 radical (unpaired) electrons. The first-order valence-electron chi connectivity index (χ1n) is 6.75. The lowest BCUT2D eigenvalue weighted by atomic mass is 9.96. The molecule has 0 bridgehead atoms. The summed E-state index contributed by atoms with van der Waals surface area (Å²) in [5.41, 5.74) is 3.60. The largest absolute Gasteiger partial charge is 0.386 e. The standard InChI is InChI=1S/C15H22O3/c1-3-11-5-6-13(9-12(11)4-2)15(16)14-10-17-7-8-18-14/h5-6,9,14-16H,3-4,7-8,10H2,1-2H3. The topological polar surface area (TPSA) is 38.7 Å². The molecule has 1 aromatic rings. The maximum atomic E-state index is 10.3. The third-order valence-electron chi connectivity index (χ3n) is 3.53. The summed E-state index contributed by atoms with van der Waals surface area (Å²) in [6.07, 6.45) is 1.19. The number of aliphatic hydroxyl groups is 1. The Labute approximate surface area is 109 Å². The molecule has 0 amide bonds. The van der Waals surface area contributed by atoms with Crippen LogP contribution in [0.3, 0.4) is 0 Å². The minimum atomic E-state index is -0.596. The van der Waals surface area contributed by atoms with E-state index in [-0.39, 0.29) is 6.10 Å². The highest BCUT2D eigenvalue weighted by Gasteiger charge is 2.24. The Hall–Kier alpha value is -0.900. The van der Waals surface area contributed by atoms with Crippen LogP contribution < -0.4 is 0 Å². The summed E-state index contributed by atoms with van der Waals surface area (Å²) in [5, 5.41) is 10.3. The molecule has 2 unspecified atom stereocenters. The highest BCUT2D eigenvalue weighted by atomic mass is 16.6. The molecule has 2 rings (SSSR count). The minimum Gasteiger partial charge on any atom is -0.386 e. The second kappa shape index (κ2) is 6.32. The minimum absolute atomic E-state index is 0.240. The number of rotatable bonds is 4. The van der Waals surface area contributed by atoms with Crippen molar-refractivity contribution in [1.82, 2.24) is 0 Å². The number of benzene rings is 1. The van der Waals surface area contributed by atoms with E-state index < -0.39 is 6.10 Å². The maximum Gasteiger partial charge on any atom is 0.111 e. The van der Waals surface area contributed by atoms with Gasteiger partial charge in [-0.2, -0.15) is 0 Å². The predicted molar refractivity (Wildman–Crippen MR) is 70.7 cm³/mol. The summed E-state index contributed by atoms with van der Waals surface area (Å²) in [5.74, 6) is 0. The van der Waals surface area contributed by atoms with Crippen molar-refractivity contribution < 1.29 is 14.6 Å². The Morgan fingerprint density at radius 3 is 2.61 bits per heavy atom. The van der Waals surface area contributed by atoms with Crippen molar-refractivity contribution in [1.29, 1.82) is 0 Å². The summed E-state index contributed by atoms with van der Waals surface area (Å²) in [6.45, 7) is 5.96. The molecule has 1 heterocycles. The van der Waals surface area contributed by atoms with Crippen LogP contribution in [0.15, 0.2) is 18.2 Å². The summed E-state index contributed by atoms with van der Waals surface area (Å²) in [7, 11) is 0. The second-order valence-electron chi connectivity index (χ2n) is 4.66. The Morgan fingerprint density at radius 1 is 1.22 bits per heavy atom. The molecular formula is C15H22O3. The molecule has 0 aliphatic carbocycles. The van der Waals surface area contributed by atoms with Crippen LogP contribution in [0.1, 0.15) is 36.6 Å². The lowest BCUT2D eigenvalue weighted by Crippen LogP contribution is -2.33. The van der Waals surface area contributed by atoms with Gasteiger partial charge >= 0.3 is 0 Å². The third-order valence-corrected chi connectivity index (χ3v) is 3.53. The summed E-state index contributed by atoms with van der Waals surface area (Å²) in [4.78, 5) is 0. The molecule has 1 fully saturated rings. The number of aliphatic hydroxyl groups excluding tert-OH is 1. The molecule has 2 atom stereocenters. The van der Waals surface area contributed by atoms with Crippen LogP contribution in [0, 0.1) is 0 Å². The van der Waals surface area contributed by atoms with Gasteiger partial charge in [0.05, 0.1) is 19.8 Å². The van der Waals surface area contributed by atoms with E-state index in [1.54, 1.807) is 0 Å². The lowest BCUT2D eigenvalue weighted by Gasteiger charge is -2.27. The van der Waals surface area contributed by atoms with Crippen LogP contribution in [-0.2, 0) is 22.3 Å². The first kappa shape index (κ1) is 13.5. The fourth-order valence-corrected chi connectivity index (χ4v) is 2.41. The second-order valence-corrected chi connectivity index (χ2v) is 4.66. The number of aryl methyl sites for hydroxylation is 2. The first-order valence-corrected chi connectivity index (χ1v) is 6.75. The van der Waals surface area contributed by atoms with Crippen LogP contribution in [-0.4, -0.2) is 31.0 Å². The van der Waals surface area contributed by atoms with E-state index in [9.17, 15) is 5.11 Å². The summed E-state index contributed by atoms with van der Waals surface area (Å²) >= 11 is 0. The van der Waals surface area contributed by atoms with E-state index in [2.05, 4.69) is 26.0 Å². The molecule has 1 aliphatic heterocycles. The van der Waals surface area contributed by atoms with Gasteiger partial charge in [0.25, 0.3) is 0 Å². The fourth-order valence-electron chi connectivity index (χ4n) is 2.41. The van der Waals surface area contributed by atoms with Crippen LogP contribution in [0.4, 0.5) is 0 Å². The molecule has 18 heavy (non-hydrogen) atoms. The van der Waals surface area contributed by atoms with E-state index in [0.29, 0.717) is 19.8 Å². The molecule has 3 nitrogen and oxygen atoms in total. The van der Waals surface area contributed by atoms with Crippen LogP contribution in [0.25, 0.3) is 0 Å². The number of hydrogen-bond acceptors (Lipinski definition) is 3. The van der Waals surface area contributed by atoms with Crippen molar-refractivity contribution in [2.75, 3.05) is 19.8 Å². The molecule has 1 N–H and O–H groups in total. The van der Waals surface area contributed by atoms with E-state index in [4.69, 9.17) is 9.47 Å². The van der Waals surface area contributed by atoms with E-state index in [1.165, 1.54) is 11.1 Å². The third kappa shape index (κ3) is 2.91. The number of ether oxygens (including phenoxy) is 2. The molecule has 0 saturated carbocycles. The Balaban J connectivity index is 2.16. The van der Waals surface area contributed by atoms with E-state index in [0.717, 1.165) is 18.4 Å². The van der Waals surface area contributed by atoms with Gasteiger partial charge in [-0.05, 0) is 29.5 Å². The SMILES string of the molecule is CCc1ccc(C(O)C2COCCO2)cc1CC. The zero-order valence-corrected chi connectivity index (χ0v) is 11.2. The van der Waals surface area contributed by atoms with Gasteiger partial charge in [0, 0.05) is 0 Å². The predicted octanol–water partition coefficient (Wildman–Crippen LogP) is 2.26. The van der Waals surface area contributed by atoms with Crippen molar-refractivity contribution in [3.63, 3.8) is 0 Å². The van der Waals surface area contributed by atoms with Crippen LogP contribution in [0.5, 0.6) is 0 Å². The first-order chi connectivity index (χ1) is 8.76. The molecule has 3 heteroatoms. The van der Waals surface area contributed by atoms with Gasteiger partial charge < -0.3 is 14.6 Å². The highest BCUT2D eigenvalue weighted by molar-refractivity contribution is 5.33. The Morgan fingerprint density at radius 2 is 2.00 bits per heavy atom. The molecule has 1 aliphatic rings. The quantitative estimate of drug-likeness (QED) is 0.891. The molecule has 100 valence electrons. The number of hydrogen-bond donors (Lipinski definition) is 1. The van der Waals surface area contributed by atoms with Gasteiger partial charge in [-0.1, -0.05) is 32.0 Å². The molecule has 0 spiro atoms. The van der Waals surface area contributed by atoms with Crippen molar-refractivity contribution in [3.05, 3.63) is 34.9 Å². The molecule has 1 aromatic carbocycles. The van der Waals surface area contributed by atoms with Crippen LogP contribution >= 0.6 is 0 Å². The van der Waals surface area contributed by atoms with Gasteiger partial charge in [-0.25, -0.2) is 0 Å². The fraction of sp³-hybridized carbons (Fsp3) is 0.600. The van der Waals surface area contributed by atoms with E-state index >= 15 is 0 Å². The van der Waals surface area contributed by atoms with Gasteiger partial charge in [-0.15, -0.1) is 0 Å². The van der Waals surface area contributed by atoms with Gasteiger partial charge in [0.15, 0.2) is 0 Å². The van der Waals surface area contributed by atoms with Crippen molar-refractivity contribution in [2.45, 2.75) is 38.9 Å². The summed E-state index contributed by atoms with van der Waals surface area (Å²) in [6, 6.07) is 6.21. The van der Waals surface area contributed by atoms with Gasteiger partial charge in [0.1, 0.15) is 12.2 Å². The average molecular weight is 250 g/mol. The Bertz CT molecular complexity index is 383.